The zero-order valence-electron chi connectivity index (χ0n) is 4.49. The van der Waals surface area contributed by atoms with Gasteiger partial charge in [0.15, 0.2) is 0 Å². The molecule has 0 aromatic carbocycles. The fourth-order valence-electron chi connectivity index (χ4n) is 1.05. The number of hydrogen-bond donors (Lipinski definition) is 0. The Hall–Kier alpha value is 0.507. The molecule has 0 bridgehead atoms. The van der Waals surface area contributed by atoms with E-state index in [2.05, 4.69) is 0 Å². The second-order valence-corrected chi connectivity index (χ2v) is 6.44. The van der Waals surface area contributed by atoms with Crippen molar-refractivity contribution in [3.8, 4) is 0 Å². The van der Waals surface area contributed by atoms with E-state index in [-0.39, 0.29) is 0 Å². The summed E-state index contributed by atoms with van der Waals surface area (Å²) < 4.78 is 0. The van der Waals surface area contributed by atoms with E-state index in [0.29, 0.717) is 0 Å². The van der Waals surface area contributed by atoms with Crippen molar-refractivity contribution < 1.29 is 0 Å². The molecule has 7 heavy (non-hydrogen) atoms. The lowest BCUT2D eigenvalue weighted by Gasteiger charge is -2.11. The first-order chi connectivity index (χ1) is 3.39. The third-order valence-electron chi connectivity index (χ3n) is 1.53. The van der Waals surface area contributed by atoms with Crippen LogP contribution in [0.1, 0.15) is 19.3 Å². The molecule has 0 amide bonds. The quantitative estimate of drug-likeness (QED) is 0.352. The summed E-state index contributed by atoms with van der Waals surface area (Å²) in [6, 6.07) is 2.78. The van der Waals surface area contributed by atoms with Crippen molar-refractivity contribution in [3.05, 3.63) is 0 Å². The molecule has 0 radical (unpaired) electrons. The lowest BCUT2D eigenvalue weighted by molar-refractivity contribution is 0.731. The van der Waals surface area contributed by atoms with Crippen molar-refractivity contribution in [1.29, 1.82) is 0 Å². The van der Waals surface area contributed by atoms with Crippen LogP contribution in [0.4, 0.5) is 0 Å². The number of halogens is 1. The molecule has 0 nitrogen and oxygen atoms in total. The van der Waals surface area contributed by atoms with Gasteiger partial charge in [0.25, 0.3) is 0 Å². The molecule has 0 saturated carbocycles. The smallest absolute Gasteiger partial charge is 0.141 e. The Bertz CT molecular complexity index is 50.0. The maximum Gasteiger partial charge on any atom is 0.141 e. The molecule has 1 heterocycles. The van der Waals surface area contributed by atoms with E-state index >= 15 is 0 Å². The van der Waals surface area contributed by atoms with Crippen molar-refractivity contribution in [2.24, 2.45) is 0 Å². The number of hydrogen-bond acceptors (Lipinski definition) is 0. The molecule has 0 aromatic heterocycles. The third kappa shape index (κ3) is 1.83. The van der Waals surface area contributed by atoms with E-state index < -0.39 is 8.11 Å². The average Bonchev–Trinajstić information content (AvgIpc) is 1.69. The van der Waals surface area contributed by atoms with E-state index in [1.54, 1.807) is 0 Å². The predicted molar refractivity (Wildman–Crippen MR) is 36.5 cm³/mol. The molecule has 1 rings (SSSR count). The van der Waals surface area contributed by atoms with E-state index in [4.69, 9.17) is 11.1 Å². The summed E-state index contributed by atoms with van der Waals surface area (Å²) in [5.74, 6) is 0. The fourth-order valence-corrected chi connectivity index (χ4v) is 3.73. The molecule has 42 valence electrons. The second-order valence-electron chi connectivity index (χ2n) is 2.24. The Morgan fingerprint density at radius 2 is 1.57 bits per heavy atom. The maximum atomic E-state index is 5.96. The van der Waals surface area contributed by atoms with Crippen molar-refractivity contribution in [2.75, 3.05) is 0 Å². The SMILES string of the molecule is Cl[SiH]1CCCCC1. The van der Waals surface area contributed by atoms with Crippen molar-refractivity contribution in [3.63, 3.8) is 0 Å². The van der Waals surface area contributed by atoms with Crippen LogP contribution in [0.3, 0.4) is 0 Å². The first kappa shape index (κ1) is 5.64. The largest absolute Gasteiger partial charge is 0.172 e. The van der Waals surface area contributed by atoms with E-state index in [0.717, 1.165) is 0 Å². The van der Waals surface area contributed by atoms with Gasteiger partial charge in [-0.1, -0.05) is 19.3 Å². The molecule has 0 aliphatic carbocycles. The van der Waals surface area contributed by atoms with Gasteiger partial charge in [-0.3, -0.25) is 0 Å². The Labute approximate surface area is 51.2 Å². The van der Waals surface area contributed by atoms with E-state index in [1.165, 1.54) is 31.4 Å². The highest BCUT2D eigenvalue weighted by Crippen LogP contribution is 2.20. The third-order valence-corrected chi connectivity index (χ3v) is 4.91. The van der Waals surface area contributed by atoms with Crippen LogP contribution in [0.2, 0.25) is 12.1 Å². The molecule has 0 unspecified atom stereocenters. The highest BCUT2D eigenvalue weighted by atomic mass is 35.6. The van der Waals surface area contributed by atoms with Crippen molar-refractivity contribution >= 4 is 19.2 Å². The van der Waals surface area contributed by atoms with Gasteiger partial charge in [-0.2, -0.15) is 11.1 Å². The summed E-state index contributed by atoms with van der Waals surface area (Å²) in [6.07, 6.45) is 4.27. The van der Waals surface area contributed by atoms with Crippen LogP contribution in [0.15, 0.2) is 0 Å². The normalized spacial score (nSPS) is 25.3. The van der Waals surface area contributed by atoms with Crippen LogP contribution in [-0.2, 0) is 0 Å². The molecule has 0 N–H and O–H groups in total. The Balaban J connectivity index is 2.12. The molecule has 1 aliphatic heterocycles. The Kier molecular flexibility index (Phi) is 2.20. The fraction of sp³-hybridized carbons (Fsp3) is 1.00. The van der Waals surface area contributed by atoms with Crippen LogP contribution in [0, 0.1) is 0 Å². The van der Waals surface area contributed by atoms with Crippen LogP contribution < -0.4 is 0 Å². The highest BCUT2D eigenvalue weighted by molar-refractivity contribution is 7.06. The van der Waals surface area contributed by atoms with E-state index in [9.17, 15) is 0 Å². The minimum absolute atomic E-state index is 0.622. The standard InChI is InChI=1S/C5H11ClSi/c6-7-4-2-1-3-5-7/h7H,1-5H2. The zero-order chi connectivity index (χ0) is 5.11. The average molecular weight is 135 g/mol. The summed E-state index contributed by atoms with van der Waals surface area (Å²) in [4.78, 5) is 0. The lowest BCUT2D eigenvalue weighted by atomic mass is 10.3. The van der Waals surface area contributed by atoms with Gasteiger partial charge in [0.1, 0.15) is 8.11 Å². The molecular formula is C5H11ClSi. The van der Waals surface area contributed by atoms with Gasteiger partial charge in [-0.05, 0) is 12.1 Å². The Morgan fingerprint density at radius 1 is 1.00 bits per heavy atom. The van der Waals surface area contributed by atoms with Crippen LogP contribution in [0.25, 0.3) is 0 Å². The van der Waals surface area contributed by atoms with Gasteiger partial charge < -0.3 is 0 Å². The van der Waals surface area contributed by atoms with Gasteiger partial charge in [-0.25, -0.2) is 0 Å². The zero-order valence-corrected chi connectivity index (χ0v) is 6.40. The van der Waals surface area contributed by atoms with Crippen LogP contribution in [0.5, 0.6) is 0 Å². The van der Waals surface area contributed by atoms with Gasteiger partial charge in [-0.15, -0.1) is 0 Å². The van der Waals surface area contributed by atoms with Crippen LogP contribution >= 0.6 is 11.1 Å². The molecule has 2 heteroatoms. The molecule has 0 aromatic rings. The molecule has 1 saturated heterocycles. The molecule has 0 atom stereocenters. The van der Waals surface area contributed by atoms with Gasteiger partial charge in [0, 0.05) is 0 Å². The van der Waals surface area contributed by atoms with E-state index in [1.807, 2.05) is 0 Å². The van der Waals surface area contributed by atoms with Crippen molar-refractivity contribution in [2.45, 2.75) is 31.4 Å². The molecular weight excluding hydrogens is 124 g/mol. The second kappa shape index (κ2) is 2.73. The molecule has 0 spiro atoms. The minimum Gasteiger partial charge on any atom is -0.172 e. The Morgan fingerprint density at radius 3 is 1.86 bits per heavy atom. The molecule has 1 aliphatic rings. The van der Waals surface area contributed by atoms with Crippen LogP contribution in [-0.4, -0.2) is 8.11 Å². The lowest BCUT2D eigenvalue weighted by Crippen LogP contribution is -2.06. The predicted octanol–water partition coefficient (Wildman–Crippen LogP) is 2.13. The summed E-state index contributed by atoms with van der Waals surface area (Å²) in [7, 11) is -0.622. The van der Waals surface area contributed by atoms with Gasteiger partial charge in [0.05, 0.1) is 0 Å². The summed E-state index contributed by atoms with van der Waals surface area (Å²) in [5, 5.41) is 0. The van der Waals surface area contributed by atoms with Crippen molar-refractivity contribution in [1.82, 2.24) is 0 Å². The van der Waals surface area contributed by atoms with Gasteiger partial charge in [0.2, 0.25) is 0 Å². The first-order valence-corrected chi connectivity index (χ1v) is 6.41. The highest BCUT2D eigenvalue weighted by Gasteiger charge is 2.10. The summed E-state index contributed by atoms with van der Waals surface area (Å²) in [5.41, 5.74) is 0. The number of rotatable bonds is 0. The topological polar surface area (TPSA) is 0 Å². The maximum absolute atomic E-state index is 5.96. The monoisotopic (exact) mass is 134 g/mol. The molecule has 1 fully saturated rings. The minimum atomic E-state index is -0.622. The summed E-state index contributed by atoms with van der Waals surface area (Å²) >= 11 is 5.96. The first-order valence-electron chi connectivity index (χ1n) is 3.03. The summed E-state index contributed by atoms with van der Waals surface area (Å²) in [6.45, 7) is 0. The van der Waals surface area contributed by atoms with Gasteiger partial charge >= 0.3 is 0 Å².